The van der Waals surface area contributed by atoms with Gasteiger partial charge in [-0.25, -0.2) is 4.79 Å². The van der Waals surface area contributed by atoms with Crippen LogP contribution in [0.2, 0.25) is 0 Å². The van der Waals surface area contributed by atoms with E-state index in [0.717, 1.165) is 16.8 Å². The molecule has 0 saturated heterocycles. The lowest BCUT2D eigenvalue weighted by Crippen LogP contribution is -2.37. The molecule has 0 saturated carbocycles. The Kier molecular flexibility index (Phi) is 7.26. The van der Waals surface area contributed by atoms with Crippen LogP contribution in [0.5, 0.6) is 11.5 Å². The largest absolute Gasteiger partial charge is 0.493 e. The number of methoxy groups -OCH3 is 1. The molecular weight excluding hydrogens is 358 g/mol. The van der Waals surface area contributed by atoms with Gasteiger partial charge >= 0.3 is 6.03 Å². The van der Waals surface area contributed by atoms with Gasteiger partial charge in [-0.05, 0) is 44.0 Å². The normalized spacial score (nSPS) is 10.2. The first kappa shape index (κ1) is 21.1. The van der Waals surface area contributed by atoms with E-state index >= 15 is 0 Å². The number of likely N-dealkylation sites (N-methyl/N-ethyl adjacent to an activating group) is 1. The zero-order valence-corrected chi connectivity index (χ0v) is 17.0. The van der Waals surface area contributed by atoms with Crippen molar-refractivity contribution < 1.29 is 19.1 Å². The number of nitrogens with one attached hydrogen (secondary N) is 2. The van der Waals surface area contributed by atoms with E-state index < -0.39 is 6.03 Å². The molecule has 2 rings (SSSR count). The number of hydrogen-bond donors (Lipinski definition) is 2. The highest BCUT2D eigenvalue weighted by atomic mass is 16.5. The van der Waals surface area contributed by atoms with Crippen LogP contribution in [0.1, 0.15) is 18.1 Å². The van der Waals surface area contributed by atoms with Crippen LogP contribution < -0.4 is 20.1 Å². The summed E-state index contributed by atoms with van der Waals surface area (Å²) in [6.45, 7) is 6.13. The maximum absolute atomic E-state index is 12.4. The summed E-state index contributed by atoms with van der Waals surface area (Å²) in [7, 11) is 3.12. The molecule has 2 N–H and O–H groups in total. The van der Waals surface area contributed by atoms with E-state index in [2.05, 4.69) is 10.6 Å². The quantitative estimate of drug-likeness (QED) is 0.759. The summed E-state index contributed by atoms with van der Waals surface area (Å²) in [5, 5.41) is 5.63. The van der Waals surface area contributed by atoms with Gasteiger partial charge in [0.25, 0.3) is 0 Å². The molecule has 7 heteroatoms. The van der Waals surface area contributed by atoms with Crippen LogP contribution in [0.3, 0.4) is 0 Å². The molecule has 0 atom stereocenters. The molecule has 2 aromatic carbocycles. The number of ether oxygens (including phenoxy) is 2. The van der Waals surface area contributed by atoms with Crippen LogP contribution in [0.25, 0.3) is 0 Å². The van der Waals surface area contributed by atoms with Gasteiger partial charge in [-0.2, -0.15) is 0 Å². The van der Waals surface area contributed by atoms with Crippen molar-refractivity contribution in [2.45, 2.75) is 20.8 Å². The fourth-order valence-electron chi connectivity index (χ4n) is 2.72. The Balaban J connectivity index is 1.99. The fourth-order valence-corrected chi connectivity index (χ4v) is 2.72. The predicted molar refractivity (Wildman–Crippen MR) is 110 cm³/mol. The number of rotatable bonds is 7. The second kappa shape index (κ2) is 9.64. The van der Waals surface area contributed by atoms with Crippen LogP contribution in [-0.2, 0) is 4.79 Å². The lowest BCUT2D eigenvalue weighted by Gasteiger charge is -2.19. The van der Waals surface area contributed by atoms with Gasteiger partial charge in [0.2, 0.25) is 5.91 Å². The monoisotopic (exact) mass is 385 g/mol. The van der Waals surface area contributed by atoms with Crippen LogP contribution in [-0.4, -0.2) is 44.1 Å². The molecule has 0 bridgehead atoms. The van der Waals surface area contributed by atoms with Gasteiger partial charge in [0.1, 0.15) is 6.54 Å². The molecule has 0 fully saturated rings. The minimum Gasteiger partial charge on any atom is -0.493 e. The summed E-state index contributed by atoms with van der Waals surface area (Å²) in [4.78, 5) is 26.1. The molecule has 0 aliphatic rings. The number of carbonyl (C=O) groups is 2. The third kappa shape index (κ3) is 5.39. The van der Waals surface area contributed by atoms with E-state index in [1.54, 1.807) is 32.4 Å². The smallest absolute Gasteiger partial charge is 0.322 e. The SMILES string of the molecule is CCOc1cc(NC(=O)N(C)CC(=O)Nc2c(C)cccc2C)ccc1OC. The Morgan fingerprint density at radius 1 is 1.04 bits per heavy atom. The van der Waals surface area contributed by atoms with Gasteiger partial charge in [-0.1, -0.05) is 18.2 Å². The van der Waals surface area contributed by atoms with Gasteiger partial charge in [0.05, 0.1) is 13.7 Å². The third-order valence-corrected chi connectivity index (χ3v) is 4.19. The first-order valence-electron chi connectivity index (χ1n) is 9.04. The van der Waals surface area contributed by atoms with Crippen molar-refractivity contribution in [3.8, 4) is 11.5 Å². The Bertz CT molecular complexity index is 831. The number of urea groups is 1. The molecule has 0 radical (unpaired) electrons. The number of benzene rings is 2. The third-order valence-electron chi connectivity index (χ3n) is 4.19. The second-order valence-electron chi connectivity index (χ2n) is 6.40. The van der Waals surface area contributed by atoms with Crippen LogP contribution in [0.4, 0.5) is 16.2 Å². The van der Waals surface area contributed by atoms with Crippen molar-refractivity contribution in [2.75, 3.05) is 37.9 Å². The molecule has 7 nitrogen and oxygen atoms in total. The first-order chi connectivity index (χ1) is 13.3. The van der Waals surface area contributed by atoms with Crippen LogP contribution in [0, 0.1) is 13.8 Å². The Labute approximate surface area is 165 Å². The number of anilines is 2. The molecule has 2 aromatic rings. The zero-order chi connectivity index (χ0) is 20.7. The van der Waals surface area contributed by atoms with Crippen LogP contribution >= 0.6 is 0 Å². The number of amides is 3. The molecule has 0 aromatic heterocycles. The lowest BCUT2D eigenvalue weighted by atomic mass is 10.1. The molecule has 0 unspecified atom stereocenters. The summed E-state index contributed by atoms with van der Waals surface area (Å²) in [5.74, 6) is 0.860. The number of hydrogen-bond acceptors (Lipinski definition) is 4. The van der Waals surface area contributed by atoms with Gasteiger partial charge in [-0.3, -0.25) is 4.79 Å². The number of aryl methyl sites for hydroxylation is 2. The van der Waals surface area contributed by atoms with Crippen molar-refractivity contribution in [3.63, 3.8) is 0 Å². The lowest BCUT2D eigenvalue weighted by molar-refractivity contribution is -0.116. The predicted octanol–water partition coefficient (Wildman–Crippen LogP) is 3.81. The molecule has 0 spiro atoms. The van der Waals surface area contributed by atoms with Crippen molar-refractivity contribution in [3.05, 3.63) is 47.5 Å². The summed E-state index contributed by atoms with van der Waals surface area (Å²) in [6.07, 6.45) is 0. The van der Waals surface area contributed by atoms with Crippen molar-refractivity contribution in [1.82, 2.24) is 4.90 Å². The van der Waals surface area contributed by atoms with E-state index in [9.17, 15) is 9.59 Å². The summed E-state index contributed by atoms with van der Waals surface area (Å²) < 4.78 is 10.7. The summed E-state index contributed by atoms with van der Waals surface area (Å²) in [6, 6.07) is 10.5. The zero-order valence-electron chi connectivity index (χ0n) is 17.0. The van der Waals surface area contributed by atoms with Gasteiger partial charge in [-0.15, -0.1) is 0 Å². The van der Waals surface area contributed by atoms with E-state index in [0.29, 0.717) is 23.8 Å². The van der Waals surface area contributed by atoms with E-state index in [1.807, 2.05) is 39.0 Å². The highest BCUT2D eigenvalue weighted by Gasteiger charge is 2.15. The molecule has 0 heterocycles. The molecule has 28 heavy (non-hydrogen) atoms. The van der Waals surface area contributed by atoms with Crippen molar-refractivity contribution in [1.29, 1.82) is 0 Å². The maximum Gasteiger partial charge on any atom is 0.322 e. The van der Waals surface area contributed by atoms with Crippen molar-refractivity contribution in [2.24, 2.45) is 0 Å². The highest BCUT2D eigenvalue weighted by molar-refractivity contribution is 5.97. The van der Waals surface area contributed by atoms with E-state index in [4.69, 9.17) is 9.47 Å². The number of nitrogens with zero attached hydrogens (tertiary/aromatic N) is 1. The van der Waals surface area contributed by atoms with E-state index in [-0.39, 0.29) is 12.5 Å². The molecule has 0 aliphatic carbocycles. The summed E-state index contributed by atoms with van der Waals surface area (Å²) in [5.41, 5.74) is 3.28. The van der Waals surface area contributed by atoms with Crippen LogP contribution in [0.15, 0.2) is 36.4 Å². The topological polar surface area (TPSA) is 79.9 Å². The Morgan fingerprint density at radius 2 is 1.71 bits per heavy atom. The van der Waals surface area contributed by atoms with Gasteiger partial charge in [0, 0.05) is 24.5 Å². The van der Waals surface area contributed by atoms with Gasteiger partial charge in [0.15, 0.2) is 11.5 Å². The first-order valence-corrected chi connectivity index (χ1v) is 9.04. The number of carbonyl (C=O) groups excluding carboxylic acids is 2. The molecule has 150 valence electrons. The Hall–Kier alpha value is -3.22. The van der Waals surface area contributed by atoms with Gasteiger partial charge < -0.3 is 25.0 Å². The molecule has 3 amide bonds. The second-order valence-corrected chi connectivity index (χ2v) is 6.40. The summed E-state index contributed by atoms with van der Waals surface area (Å²) >= 11 is 0. The number of para-hydroxylation sites is 1. The fraction of sp³-hybridized carbons (Fsp3) is 0.333. The molecular formula is C21H27N3O4. The molecule has 0 aliphatic heterocycles. The standard InChI is InChI=1S/C21H27N3O4/c1-6-28-18-12-16(10-11-17(18)27-5)22-21(26)24(4)13-19(25)23-20-14(2)8-7-9-15(20)3/h7-12H,6,13H2,1-5H3,(H,22,26)(H,23,25). The highest BCUT2D eigenvalue weighted by Crippen LogP contribution is 2.30. The van der Waals surface area contributed by atoms with Crippen molar-refractivity contribution >= 4 is 23.3 Å². The average Bonchev–Trinajstić information content (AvgIpc) is 2.65. The average molecular weight is 385 g/mol. The Morgan fingerprint density at radius 3 is 2.32 bits per heavy atom. The minimum absolute atomic E-state index is 0.0753. The van der Waals surface area contributed by atoms with E-state index in [1.165, 1.54) is 4.90 Å². The minimum atomic E-state index is -0.399. The maximum atomic E-state index is 12.4.